The summed E-state index contributed by atoms with van der Waals surface area (Å²) in [6, 6.07) is 0. The van der Waals surface area contributed by atoms with Crippen LogP contribution in [0.2, 0.25) is 0 Å². The second kappa shape index (κ2) is 7.96. The average Bonchev–Trinajstić information content (AvgIpc) is 2.32. The fourth-order valence-electron chi connectivity index (χ4n) is 0.853. The predicted molar refractivity (Wildman–Crippen MR) is 69.4 cm³/mol. The topological polar surface area (TPSA) is 63.2 Å². The van der Waals surface area contributed by atoms with E-state index in [1.165, 1.54) is 21.3 Å². The lowest BCUT2D eigenvalue weighted by molar-refractivity contribution is 0.130. The molecule has 0 aromatic rings. The lowest BCUT2D eigenvalue weighted by atomic mass is 11.2. The van der Waals surface area contributed by atoms with Crippen molar-refractivity contribution in [2.75, 3.05) is 26.7 Å². The lowest BCUT2D eigenvalue weighted by Crippen LogP contribution is -2.46. The van der Waals surface area contributed by atoms with Gasteiger partial charge in [-0.05, 0) is 11.4 Å². The van der Waals surface area contributed by atoms with Gasteiger partial charge in [0.25, 0.3) is 0 Å². The molecule has 0 atom stereocenters. The molecule has 0 saturated heterocycles. The molecule has 0 aromatic carbocycles. The van der Waals surface area contributed by atoms with Gasteiger partial charge in [0, 0.05) is 21.3 Å². The van der Waals surface area contributed by atoms with Gasteiger partial charge in [-0.2, -0.15) is 0 Å². The standard InChI is InChI=1S/C8H17O6PSSi/c1-6-13-15(9,14-7-2)16-8-17(10-3,11-4)12-5/h6-7H,1-2,8H2,3-5H3. The normalized spacial score (nSPS) is 11.9. The Labute approximate surface area is 107 Å². The van der Waals surface area contributed by atoms with Gasteiger partial charge in [-0.1, -0.05) is 13.2 Å². The molecule has 0 amide bonds. The molecule has 9 heteroatoms. The Morgan fingerprint density at radius 1 is 1.12 bits per heavy atom. The van der Waals surface area contributed by atoms with E-state index < -0.39 is 15.6 Å². The molecule has 0 aliphatic rings. The van der Waals surface area contributed by atoms with Crippen LogP contribution in [0.1, 0.15) is 0 Å². The first kappa shape index (κ1) is 16.8. The van der Waals surface area contributed by atoms with Gasteiger partial charge in [-0.25, -0.2) is 4.57 Å². The Balaban J connectivity index is 4.62. The first-order chi connectivity index (χ1) is 8.01. The third kappa shape index (κ3) is 5.28. The van der Waals surface area contributed by atoms with Crippen LogP contribution >= 0.6 is 18.2 Å². The molecule has 0 saturated carbocycles. The number of hydrogen-bond donors (Lipinski definition) is 0. The molecular weight excluding hydrogens is 283 g/mol. The highest BCUT2D eigenvalue weighted by Crippen LogP contribution is 2.61. The van der Waals surface area contributed by atoms with Crippen molar-refractivity contribution in [3.05, 3.63) is 25.7 Å². The summed E-state index contributed by atoms with van der Waals surface area (Å²) in [4.78, 5) is 0. The first-order valence-corrected chi connectivity index (χ1v) is 9.56. The van der Waals surface area contributed by atoms with Gasteiger partial charge >= 0.3 is 15.6 Å². The highest BCUT2D eigenvalue weighted by molar-refractivity contribution is 8.55. The van der Waals surface area contributed by atoms with E-state index in [1.54, 1.807) is 0 Å². The van der Waals surface area contributed by atoms with Gasteiger partial charge in [-0.15, -0.1) is 0 Å². The van der Waals surface area contributed by atoms with Crippen molar-refractivity contribution in [1.29, 1.82) is 0 Å². The molecule has 0 radical (unpaired) electrons. The van der Waals surface area contributed by atoms with Crippen molar-refractivity contribution < 1.29 is 26.9 Å². The van der Waals surface area contributed by atoms with Crippen LogP contribution in [0.5, 0.6) is 0 Å². The zero-order valence-corrected chi connectivity index (χ0v) is 12.8. The van der Waals surface area contributed by atoms with Gasteiger partial charge in [0.1, 0.15) is 0 Å². The Kier molecular flexibility index (Phi) is 7.85. The predicted octanol–water partition coefficient (Wildman–Crippen LogP) is 2.57. The van der Waals surface area contributed by atoms with Crippen LogP contribution in [-0.4, -0.2) is 35.5 Å². The maximum Gasteiger partial charge on any atom is 0.511 e. The Morgan fingerprint density at radius 2 is 1.53 bits per heavy atom. The van der Waals surface area contributed by atoms with E-state index >= 15 is 0 Å². The average molecular weight is 300 g/mol. The summed E-state index contributed by atoms with van der Waals surface area (Å²) in [6.07, 6.45) is 2.10. The van der Waals surface area contributed by atoms with Gasteiger partial charge in [0.05, 0.1) is 17.9 Å². The minimum absolute atomic E-state index is 0.218. The fraction of sp³-hybridized carbons (Fsp3) is 0.500. The summed E-state index contributed by atoms with van der Waals surface area (Å²) in [7, 11) is 1.57. The minimum Gasteiger partial charge on any atom is -0.417 e. The van der Waals surface area contributed by atoms with E-state index in [9.17, 15) is 4.57 Å². The molecule has 0 N–H and O–H groups in total. The van der Waals surface area contributed by atoms with Gasteiger partial charge in [0.15, 0.2) is 0 Å². The third-order valence-corrected chi connectivity index (χ3v) is 9.29. The van der Waals surface area contributed by atoms with Gasteiger partial charge < -0.3 is 22.3 Å². The van der Waals surface area contributed by atoms with Crippen LogP contribution in [0.3, 0.4) is 0 Å². The molecular formula is C8H17O6PSSi. The summed E-state index contributed by atoms with van der Waals surface area (Å²) >= 11 is 0.909. The quantitative estimate of drug-likeness (QED) is 0.349. The number of rotatable bonds is 10. The summed E-state index contributed by atoms with van der Waals surface area (Å²) in [6.45, 7) is 3.28. The van der Waals surface area contributed by atoms with Crippen LogP contribution in [0, 0.1) is 0 Å². The highest BCUT2D eigenvalue weighted by Gasteiger charge is 2.42. The monoisotopic (exact) mass is 300 g/mol. The van der Waals surface area contributed by atoms with Crippen molar-refractivity contribution >= 4 is 27.0 Å². The molecule has 0 bridgehead atoms. The molecule has 0 fully saturated rings. The zero-order chi connectivity index (χ0) is 13.4. The van der Waals surface area contributed by atoms with Crippen LogP contribution in [0.25, 0.3) is 0 Å². The van der Waals surface area contributed by atoms with Crippen LogP contribution in [-0.2, 0) is 26.9 Å². The van der Waals surface area contributed by atoms with Gasteiger partial charge in [-0.3, -0.25) is 0 Å². The van der Waals surface area contributed by atoms with E-state index in [-0.39, 0.29) is 5.38 Å². The largest absolute Gasteiger partial charge is 0.511 e. The maximum absolute atomic E-state index is 12.0. The van der Waals surface area contributed by atoms with E-state index in [0.29, 0.717) is 0 Å². The molecule has 17 heavy (non-hydrogen) atoms. The molecule has 0 spiro atoms. The maximum atomic E-state index is 12.0. The van der Waals surface area contributed by atoms with Crippen LogP contribution < -0.4 is 0 Å². The Bertz CT molecular complexity index is 273. The second-order valence-corrected chi connectivity index (χ2v) is 10.00. The molecule has 0 aliphatic heterocycles. The van der Waals surface area contributed by atoms with Crippen LogP contribution in [0.15, 0.2) is 25.7 Å². The van der Waals surface area contributed by atoms with Crippen molar-refractivity contribution in [2.45, 2.75) is 0 Å². The number of hydrogen-bond acceptors (Lipinski definition) is 7. The summed E-state index contributed by atoms with van der Waals surface area (Å²) in [5.41, 5.74) is 0. The highest BCUT2D eigenvalue weighted by atomic mass is 32.7. The molecule has 0 unspecified atom stereocenters. The first-order valence-electron chi connectivity index (χ1n) is 4.50. The van der Waals surface area contributed by atoms with Crippen molar-refractivity contribution in [3.8, 4) is 0 Å². The van der Waals surface area contributed by atoms with Crippen molar-refractivity contribution in [2.24, 2.45) is 0 Å². The van der Waals surface area contributed by atoms with E-state index in [2.05, 4.69) is 13.2 Å². The summed E-state index contributed by atoms with van der Waals surface area (Å²) < 4.78 is 37.3. The molecule has 0 rings (SSSR count). The van der Waals surface area contributed by atoms with Crippen molar-refractivity contribution in [1.82, 2.24) is 0 Å². The SMILES string of the molecule is C=COP(=O)(OC=C)SC[Si](OC)(OC)OC. The minimum atomic E-state index is -3.38. The van der Waals surface area contributed by atoms with E-state index in [1.807, 2.05) is 0 Å². The molecule has 0 heterocycles. The third-order valence-electron chi connectivity index (χ3n) is 1.74. The second-order valence-electron chi connectivity index (χ2n) is 2.56. The molecule has 0 aromatic heterocycles. The fourth-order valence-corrected chi connectivity index (χ4v) is 8.15. The Hall–Kier alpha value is -0.243. The molecule has 6 nitrogen and oxygen atoms in total. The van der Waals surface area contributed by atoms with Crippen LogP contribution in [0.4, 0.5) is 0 Å². The van der Waals surface area contributed by atoms with E-state index in [0.717, 1.165) is 23.9 Å². The Morgan fingerprint density at radius 3 is 1.82 bits per heavy atom. The zero-order valence-electron chi connectivity index (χ0n) is 10.1. The molecule has 100 valence electrons. The smallest absolute Gasteiger partial charge is 0.417 e. The summed E-state index contributed by atoms with van der Waals surface area (Å²) in [5, 5.41) is 0.218. The lowest BCUT2D eigenvalue weighted by Gasteiger charge is -2.24. The van der Waals surface area contributed by atoms with Crippen molar-refractivity contribution in [3.63, 3.8) is 0 Å². The molecule has 0 aliphatic carbocycles. The van der Waals surface area contributed by atoms with Gasteiger partial charge in [0.2, 0.25) is 0 Å². The van der Waals surface area contributed by atoms with E-state index in [4.69, 9.17) is 22.3 Å². The summed E-state index contributed by atoms with van der Waals surface area (Å²) in [5.74, 6) is 0.